The van der Waals surface area contributed by atoms with Crippen molar-refractivity contribution in [1.29, 1.82) is 0 Å². The molecule has 0 saturated heterocycles. The first-order chi connectivity index (χ1) is 9.82. The van der Waals surface area contributed by atoms with Gasteiger partial charge in [0.15, 0.2) is 0 Å². The van der Waals surface area contributed by atoms with Crippen molar-refractivity contribution in [2.75, 3.05) is 0 Å². The van der Waals surface area contributed by atoms with Crippen molar-refractivity contribution in [3.63, 3.8) is 0 Å². The first-order valence-corrected chi connectivity index (χ1v) is 10.8. The number of rotatable bonds is 3. The van der Waals surface area contributed by atoms with E-state index in [4.69, 9.17) is 0 Å². The van der Waals surface area contributed by atoms with E-state index in [0.717, 1.165) is 0 Å². The van der Waals surface area contributed by atoms with E-state index in [1.807, 2.05) is 0 Å². The minimum atomic E-state index is -2.03. The van der Waals surface area contributed by atoms with Crippen LogP contribution >= 0.6 is 5.45 Å². The molecule has 0 atom stereocenters. The van der Waals surface area contributed by atoms with Crippen LogP contribution in [0.2, 0.25) is 0 Å². The Morgan fingerprint density at radius 2 is 0.700 bits per heavy atom. The van der Waals surface area contributed by atoms with Crippen molar-refractivity contribution in [3.8, 4) is 0 Å². The fourth-order valence-electron chi connectivity index (χ4n) is 2.47. The van der Waals surface area contributed by atoms with E-state index < -0.39 is 5.45 Å². The molecule has 0 saturated carbocycles. The van der Waals surface area contributed by atoms with Crippen LogP contribution in [0.3, 0.4) is 0 Å². The summed E-state index contributed by atoms with van der Waals surface area (Å²) in [5.74, 6) is 0. The van der Waals surface area contributed by atoms with Gasteiger partial charge in [-0.25, -0.2) is 0 Å². The van der Waals surface area contributed by atoms with Crippen LogP contribution in [0, 0.1) is 0 Å². The zero-order chi connectivity index (χ0) is 13.8. The molecular formula is C18H16PPd-. The quantitative estimate of drug-likeness (QED) is 0.491. The van der Waals surface area contributed by atoms with Gasteiger partial charge >= 0.3 is 131 Å². The molecule has 0 aliphatic heterocycles. The second-order valence-corrected chi connectivity index (χ2v) is 11.2. The molecule has 0 nitrogen and oxygen atoms in total. The van der Waals surface area contributed by atoms with Gasteiger partial charge in [0.05, 0.1) is 0 Å². The average molecular weight is 370 g/mol. The van der Waals surface area contributed by atoms with Crippen molar-refractivity contribution in [2.45, 2.75) is 0 Å². The Bertz CT molecular complexity index is 569. The summed E-state index contributed by atoms with van der Waals surface area (Å²) in [6.07, 6.45) is 0. The molecule has 0 spiro atoms. The summed E-state index contributed by atoms with van der Waals surface area (Å²) in [5, 5.41) is 4.17. The van der Waals surface area contributed by atoms with Crippen LogP contribution in [0.5, 0.6) is 0 Å². The molecule has 3 aromatic carbocycles. The van der Waals surface area contributed by atoms with E-state index in [9.17, 15) is 0 Å². The SMILES string of the molecule is [Pd-][PH](c1ccccc1)(c1ccccc1)c1ccccc1. The molecule has 0 bridgehead atoms. The van der Waals surface area contributed by atoms with E-state index in [1.54, 1.807) is 0 Å². The Balaban J connectivity index is 2.24. The van der Waals surface area contributed by atoms with Gasteiger partial charge < -0.3 is 0 Å². The maximum atomic E-state index is 3.81. The van der Waals surface area contributed by atoms with Crippen LogP contribution < -0.4 is 15.9 Å². The van der Waals surface area contributed by atoms with Gasteiger partial charge in [0.25, 0.3) is 0 Å². The molecule has 0 aliphatic rings. The molecular weight excluding hydrogens is 354 g/mol. The molecule has 0 amide bonds. The number of hydrogen-bond donors (Lipinski definition) is 0. The molecule has 0 heterocycles. The van der Waals surface area contributed by atoms with Crippen LogP contribution in [-0.4, -0.2) is 0 Å². The molecule has 3 rings (SSSR count). The van der Waals surface area contributed by atoms with Crippen LogP contribution in [0.25, 0.3) is 0 Å². The fraction of sp³-hybridized carbons (Fsp3) is 0. The predicted octanol–water partition coefficient (Wildman–Crippen LogP) is 3.17. The van der Waals surface area contributed by atoms with Gasteiger partial charge in [0.2, 0.25) is 0 Å². The summed E-state index contributed by atoms with van der Waals surface area (Å²) in [6.45, 7) is 0. The molecule has 0 unspecified atom stereocenters. The first-order valence-electron chi connectivity index (χ1n) is 6.64. The zero-order valence-corrected chi connectivity index (χ0v) is 13.5. The van der Waals surface area contributed by atoms with E-state index >= 15 is 0 Å². The van der Waals surface area contributed by atoms with Gasteiger partial charge in [-0.05, 0) is 0 Å². The van der Waals surface area contributed by atoms with Crippen molar-refractivity contribution in [1.82, 2.24) is 0 Å². The van der Waals surface area contributed by atoms with Crippen molar-refractivity contribution < 1.29 is 18.7 Å². The molecule has 0 radical (unpaired) electrons. The average Bonchev–Trinajstić information content (AvgIpc) is 2.56. The first kappa shape index (κ1) is 13.7. The monoisotopic (exact) mass is 369 g/mol. The Morgan fingerprint density at radius 3 is 0.950 bits per heavy atom. The third-order valence-corrected chi connectivity index (χ3v) is 10.8. The van der Waals surface area contributed by atoms with E-state index in [0.29, 0.717) is 0 Å². The van der Waals surface area contributed by atoms with Gasteiger partial charge in [-0.15, -0.1) is 0 Å². The summed E-state index contributed by atoms with van der Waals surface area (Å²) in [5.41, 5.74) is -2.03. The van der Waals surface area contributed by atoms with Crippen LogP contribution in [-0.2, 0) is 18.7 Å². The van der Waals surface area contributed by atoms with Crippen LogP contribution in [0.4, 0.5) is 0 Å². The molecule has 104 valence electrons. The van der Waals surface area contributed by atoms with Gasteiger partial charge in [-0.1, -0.05) is 0 Å². The molecule has 0 aromatic heterocycles. The Morgan fingerprint density at radius 1 is 0.450 bits per heavy atom. The normalized spacial score (nSPS) is 12.1. The van der Waals surface area contributed by atoms with Gasteiger partial charge in [-0.2, -0.15) is 0 Å². The molecule has 0 fully saturated rings. The molecule has 20 heavy (non-hydrogen) atoms. The standard InChI is InChI=1S/C18H15P.Pd/c1-4-10-16(11-5-1)19(17-12-6-2-7-13-17)18-14-8-3-9-15-18;/h1-15H;/q;-2/p+1. The fourth-order valence-corrected chi connectivity index (χ4v) is 7.70. The summed E-state index contributed by atoms with van der Waals surface area (Å²) in [7, 11) is 0. The predicted molar refractivity (Wildman–Crippen MR) is 86.5 cm³/mol. The van der Waals surface area contributed by atoms with E-state index in [2.05, 4.69) is 110 Å². The van der Waals surface area contributed by atoms with Crippen molar-refractivity contribution in [2.24, 2.45) is 0 Å². The van der Waals surface area contributed by atoms with Crippen LogP contribution in [0.1, 0.15) is 0 Å². The summed E-state index contributed by atoms with van der Waals surface area (Å²) in [6, 6.07) is 32.3. The molecule has 3 aromatic rings. The molecule has 0 N–H and O–H groups in total. The van der Waals surface area contributed by atoms with E-state index in [-0.39, 0.29) is 0 Å². The zero-order valence-electron chi connectivity index (χ0n) is 11.0. The summed E-state index contributed by atoms with van der Waals surface area (Å²) in [4.78, 5) is 0. The Kier molecular flexibility index (Phi) is 4.13. The second kappa shape index (κ2) is 6.03. The second-order valence-electron chi connectivity index (χ2n) is 4.71. The van der Waals surface area contributed by atoms with E-state index in [1.165, 1.54) is 15.9 Å². The molecule has 2 heteroatoms. The van der Waals surface area contributed by atoms with Crippen LogP contribution in [0.15, 0.2) is 91.0 Å². The van der Waals surface area contributed by atoms with Gasteiger partial charge in [-0.3, -0.25) is 0 Å². The maximum absolute atomic E-state index is 3.81. The Hall–Kier alpha value is -1.25. The van der Waals surface area contributed by atoms with Crippen molar-refractivity contribution >= 4 is 21.4 Å². The molecule has 0 aliphatic carbocycles. The Labute approximate surface area is 131 Å². The number of hydrogen-bond acceptors (Lipinski definition) is 0. The summed E-state index contributed by atoms with van der Waals surface area (Å²) >= 11 is 3.81. The summed E-state index contributed by atoms with van der Waals surface area (Å²) < 4.78 is 0. The van der Waals surface area contributed by atoms with Gasteiger partial charge in [0.1, 0.15) is 0 Å². The number of benzene rings is 3. The third-order valence-electron chi connectivity index (χ3n) is 3.46. The van der Waals surface area contributed by atoms with Gasteiger partial charge in [0, 0.05) is 0 Å². The minimum absolute atomic E-state index is 1.39. The van der Waals surface area contributed by atoms with Crippen molar-refractivity contribution in [3.05, 3.63) is 91.0 Å². The topological polar surface area (TPSA) is 0 Å². The third kappa shape index (κ3) is 2.50.